The first-order valence-electron chi connectivity index (χ1n) is 9.60. The molecule has 28 heavy (non-hydrogen) atoms. The predicted molar refractivity (Wildman–Crippen MR) is 104 cm³/mol. The molecular formula is C23H20N2O3. The van der Waals surface area contributed by atoms with Crippen LogP contribution in [0, 0.1) is 11.8 Å². The molecule has 0 unspecified atom stereocenters. The molecule has 2 aromatic rings. The summed E-state index contributed by atoms with van der Waals surface area (Å²) in [7, 11) is 0. The minimum atomic E-state index is -0.543. The highest BCUT2D eigenvalue weighted by atomic mass is 16.2. The molecule has 5 rings (SSSR count). The Labute approximate surface area is 163 Å². The monoisotopic (exact) mass is 372 g/mol. The standard InChI is InChI=1S/C23H20N2O3/c1-14-16-10-5-6-11-17(16)21(26)24(14)19-13-7-12-18-20(19)23(28)25(22(18)27)15-8-3-2-4-9-15/h2-11,13-14,18-20H,12H2,1H3/t14-,18-,19+,20-/m0/s1. The molecular weight excluding hydrogens is 352 g/mol. The first kappa shape index (κ1) is 16.9. The molecule has 0 N–H and O–H groups in total. The van der Waals surface area contributed by atoms with Gasteiger partial charge in [0.25, 0.3) is 5.91 Å². The average molecular weight is 372 g/mol. The molecule has 0 saturated carbocycles. The van der Waals surface area contributed by atoms with Crippen LogP contribution in [0.3, 0.4) is 0 Å². The van der Waals surface area contributed by atoms with Crippen LogP contribution < -0.4 is 4.90 Å². The van der Waals surface area contributed by atoms with Gasteiger partial charge >= 0.3 is 0 Å². The first-order chi connectivity index (χ1) is 13.6. The molecule has 0 radical (unpaired) electrons. The summed E-state index contributed by atoms with van der Waals surface area (Å²) in [6, 6.07) is 16.0. The van der Waals surface area contributed by atoms with Crippen LogP contribution >= 0.6 is 0 Å². The normalized spacial score (nSPS) is 28.7. The first-order valence-corrected chi connectivity index (χ1v) is 9.60. The molecule has 1 saturated heterocycles. The summed E-state index contributed by atoms with van der Waals surface area (Å²) in [6.07, 6.45) is 4.40. The zero-order valence-corrected chi connectivity index (χ0v) is 15.5. The summed E-state index contributed by atoms with van der Waals surface area (Å²) in [5, 5.41) is 0. The number of benzene rings is 2. The molecule has 5 nitrogen and oxygen atoms in total. The Morgan fingerprint density at radius 3 is 2.36 bits per heavy atom. The van der Waals surface area contributed by atoms with Gasteiger partial charge in [-0.15, -0.1) is 0 Å². The lowest BCUT2D eigenvalue weighted by atomic mass is 9.80. The summed E-state index contributed by atoms with van der Waals surface area (Å²) < 4.78 is 0. The summed E-state index contributed by atoms with van der Waals surface area (Å²) >= 11 is 0. The van der Waals surface area contributed by atoms with Gasteiger partial charge < -0.3 is 4.90 Å². The molecule has 0 bridgehead atoms. The lowest BCUT2D eigenvalue weighted by molar-refractivity contribution is -0.122. The topological polar surface area (TPSA) is 57.7 Å². The van der Waals surface area contributed by atoms with Crippen molar-refractivity contribution in [2.75, 3.05) is 4.90 Å². The molecule has 3 amide bonds. The number of carbonyl (C=O) groups excluding carboxylic acids is 3. The van der Waals surface area contributed by atoms with E-state index in [1.54, 1.807) is 17.0 Å². The maximum atomic E-state index is 13.3. The van der Waals surface area contributed by atoms with Crippen LogP contribution in [0.1, 0.15) is 35.3 Å². The molecule has 1 aliphatic carbocycles. The van der Waals surface area contributed by atoms with Crippen molar-refractivity contribution in [1.29, 1.82) is 0 Å². The lowest BCUT2D eigenvalue weighted by Gasteiger charge is -2.36. The van der Waals surface area contributed by atoms with Crippen LogP contribution in [0.5, 0.6) is 0 Å². The van der Waals surface area contributed by atoms with Crippen molar-refractivity contribution in [3.05, 3.63) is 77.9 Å². The van der Waals surface area contributed by atoms with Crippen LogP contribution in [-0.4, -0.2) is 28.7 Å². The van der Waals surface area contributed by atoms with Crippen molar-refractivity contribution in [3.8, 4) is 0 Å². The number of para-hydroxylation sites is 1. The van der Waals surface area contributed by atoms with Crippen LogP contribution in [0.4, 0.5) is 5.69 Å². The van der Waals surface area contributed by atoms with Crippen molar-refractivity contribution >= 4 is 23.4 Å². The van der Waals surface area contributed by atoms with Crippen molar-refractivity contribution < 1.29 is 14.4 Å². The van der Waals surface area contributed by atoms with Gasteiger partial charge in [0.1, 0.15) is 0 Å². The molecule has 1 fully saturated rings. The highest BCUT2D eigenvalue weighted by Gasteiger charge is 2.55. The zero-order chi connectivity index (χ0) is 19.4. The number of imide groups is 1. The largest absolute Gasteiger partial charge is 0.325 e. The highest BCUT2D eigenvalue weighted by molar-refractivity contribution is 6.22. The quantitative estimate of drug-likeness (QED) is 0.600. The zero-order valence-electron chi connectivity index (χ0n) is 15.5. The fourth-order valence-electron chi connectivity index (χ4n) is 4.88. The van der Waals surface area contributed by atoms with E-state index in [9.17, 15) is 14.4 Å². The summed E-state index contributed by atoms with van der Waals surface area (Å²) in [5.41, 5.74) is 2.25. The number of fused-ring (bicyclic) bond motifs is 2. The van der Waals surface area contributed by atoms with Gasteiger partial charge in [-0.2, -0.15) is 0 Å². The SMILES string of the molecule is C[C@H]1c2ccccc2C(=O)N1[C@@H]1C=CC[C@@H]2C(=O)N(c3ccccc3)C(=O)[C@@H]21. The third kappa shape index (κ3) is 2.22. The number of amides is 3. The van der Waals surface area contributed by atoms with Gasteiger partial charge in [0, 0.05) is 5.56 Å². The molecule has 3 aliphatic rings. The van der Waals surface area contributed by atoms with Crippen molar-refractivity contribution in [1.82, 2.24) is 4.90 Å². The number of hydrogen-bond donors (Lipinski definition) is 0. The number of carbonyl (C=O) groups is 3. The molecule has 0 aromatic heterocycles. The fourth-order valence-corrected chi connectivity index (χ4v) is 4.88. The molecule has 2 heterocycles. The number of rotatable bonds is 2. The van der Waals surface area contributed by atoms with Crippen LogP contribution in [0.15, 0.2) is 66.7 Å². The Kier molecular flexibility index (Phi) is 3.72. The van der Waals surface area contributed by atoms with E-state index < -0.39 is 17.9 Å². The van der Waals surface area contributed by atoms with Crippen LogP contribution in [0.25, 0.3) is 0 Å². The number of hydrogen-bond acceptors (Lipinski definition) is 3. The summed E-state index contributed by atoms with van der Waals surface area (Å²) in [5.74, 6) is -1.43. The van der Waals surface area contributed by atoms with Crippen LogP contribution in [0.2, 0.25) is 0 Å². The van der Waals surface area contributed by atoms with Gasteiger partial charge in [0.15, 0.2) is 0 Å². The second-order valence-corrected chi connectivity index (χ2v) is 7.61. The van der Waals surface area contributed by atoms with Crippen molar-refractivity contribution in [2.45, 2.75) is 25.4 Å². The molecule has 4 atom stereocenters. The summed E-state index contributed by atoms with van der Waals surface area (Å²) in [4.78, 5) is 42.6. The van der Waals surface area contributed by atoms with E-state index in [1.807, 2.05) is 61.5 Å². The second-order valence-electron chi connectivity index (χ2n) is 7.61. The van der Waals surface area contributed by atoms with Gasteiger partial charge in [0.2, 0.25) is 11.8 Å². The van der Waals surface area contributed by atoms with E-state index in [2.05, 4.69) is 0 Å². The maximum absolute atomic E-state index is 13.3. The Bertz CT molecular complexity index is 1010. The third-order valence-corrected chi connectivity index (χ3v) is 6.20. The second kappa shape index (κ2) is 6.16. The molecule has 0 spiro atoms. The minimum Gasteiger partial charge on any atom is -0.325 e. The van der Waals surface area contributed by atoms with Gasteiger partial charge in [0.05, 0.1) is 29.6 Å². The van der Waals surface area contributed by atoms with Gasteiger partial charge in [-0.25, -0.2) is 4.90 Å². The summed E-state index contributed by atoms with van der Waals surface area (Å²) in [6.45, 7) is 1.98. The average Bonchev–Trinajstić information content (AvgIpc) is 3.14. The van der Waals surface area contributed by atoms with E-state index >= 15 is 0 Å². The van der Waals surface area contributed by atoms with E-state index in [0.717, 1.165) is 5.56 Å². The van der Waals surface area contributed by atoms with Gasteiger partial charge in [-0.1, -0.05) is 48.6 Å². The Morgan fingerprint density at radius 2 is 1.61 bits per heavy atom. The predicted octanol–water partition coefficient (Wildman–Crippen LogP) is 3.34. The minimum absolute atomic E-state index is 0.0724. The maximum Gasteiger partial charge on any atom is 0.255 e. The van der Waals surface area contributed by atoms with E-state index in [1.165, 1.54) is 4.90 Å². The smallest absolute Gasteiger partial charge is 0.255 e. The molecule has 2 aromatic carbocycles. The number of allylic oxidation sites excluding steroid dienone is 1. The van der Waals surface area contributed by atoms with Crippen molar-refractivity contribution in [2.24, 2.45) is 11.8 Å². The Hall–Kier alpha value is -3.21. The lowest BCUT2D eigenvalue weighted by Crippen LogP contribution is -2.46. The third-order valence-electron chi connectivity index (χ3n) is 6.20. The van der Waals surface area contributed by atoms with Gasteiger partial charge in [-0.3, -0.25) is 14.4 Å². The molecule has 5 heteroatoms. The number of nitrogens with zero attached hydrogens (tertiary/aromatic N) is 2. The van der Waals surface area contributed by atoms with E-state index in [0.29, 0.717) is 17.7 Å². The number of anilines is 1. The highest BCUT2D eigenvalue weighted by Crippen LogP contribution is 2.44. The fraction of sp³-hybridized carbons (Fsp3) is 0.261. The Morgan fingerprint density at radius 1 is 0.893 bits per heavy atom. The van der Waals surface area contributed by atoms with Crippen molar-refractivity contribution in [3.63, 3.8) is 0 Å². The molecule has 2 aliphatic heterocycles. The van der Waals surface area contributed by atoms with Crippen LogP contribution in [-0.2, 0) is 9.59 Å². The molecule has 140 valence electrons. The van der Waals surface area contributed by atoms with E-state index in [4.69, 9.17) is 0 Å². The Balaban J connectivity index is 1.54. The van der Waals surface area contributed by atoms with Gasteiger partial charge in [-0.05, 0) is 37.1 Å². The van der Waals surface area contributed by atoms with E-state index in [-0.39, 0.29) is 23.8 Å².